The third kappa shape index (κ3) is 5.02. The molecule has 1 unspecified atom stereocenters. The minimum Gasteiger partial charge on any atom is -0.612 e. The highest BCUT2D eigenvalue weighted by molar-refractivity contribution is 7.90. The van der Waals surface area contributed by atoms with E-state index in [9.17, 15) is 18.1 Å². The molecule has 8 nitrogen and oxygen atoms in total. The maximum atomic E-state index is 14.8. The number of benzene rings is 2. The minimum absolute atomic E-state index is 0.0732. The molecule has 3 heterocycles. The van der Waals surface area contributed by atoms with Crippen molar-refractivity contribution in [3.05, 3.63) is 70.6 Å². The van der Waals surface area contributed by atoms with Gasteiger partial charge in [0, 0.05) is 61.6 Å². The number of anilines is 3. The van der Waals surface area contributed by atoms with Gasteiger partial charge >= 0.3 is 0 Å². The molecule has 11 heteroatoms. The summed E-state index contributed by atoms with van der Waals surface area (Å²) in [5.41, 5.74) is 1.16. The molecule has 0 saturated carbocycles. The van der Waals surface area contributed by atoms with Crippen molar-refractivity contribution in [2.75, 3.05) is 42.7 Å². The lowest BCUT2D eigenvalue weighted by molar-refractivity contribution is 0.566. The van der Waals surface area contributed by atoms with Gasteiger partial charge in [0.15, 0.2) is 4.90 Å². The van der Waals surface area contributed by atoms with Crippen LogP contribution in [0, 0.1) is 11.6 Å². The van der Waals surface area contributed by atoms with Crippen molar-refractivity contribution in [1.29, 1.82) is 0 Å². The summed E-state index contributed by atoms with van der Waals surface area (Å²) in [5.74, 6) is -0.732. The van der Waals surface area contributed by atoms with Gasteiger partial charge in [0.2, 0.25) is 5.95 Å². The van der Waals surface area contributed by atoms with Gasteiger partial charge in [0.25, 0.3) is 5.56 Å². The first-order valence-corrected chi connectivity index (χ1v) is 13.5. The van der Waals surface area contributed by atoms with Gasteiger partial charge in [-0.1, -0.05) is 0 Å². The van der Waals surface area contributed by atoms with E-state index >= 15 is 0 Å². The molecule has 0 bridgehead atoms. The molecule has 0 aliphatic carbocycles. The first-order valence-electron chi connectivity index (χ1n) is 11.9. The first kappa shape index (κ1) is 25.1. The van der Waals surface area contributed by atoms with Crippen molar-refractivity contribution in [2.45, 2.75) is 18.4 Å². The monoisotopic (exact) mass is 524 g/mol. The average Bonchev–Trinajstić information content (AvgIpc) is 2.89. The SMILES string of the molecule is CCn1c(=O)c(-c2cc([S+](C)[O-])ccc2F)cc2cnc(Nc3ccc(N4CCNCC4)c(F)c3)nc21. The lowest BCUT2D eigenvalue weighted by atomic mass is 10.1. The van der Waals surface area contributed by atoms with Crippen LogP contribution in [0.2, 0.25) is 0 Å². The van der Waals surface area contributed by atoms with E-state index in [1.165, 1.54) is 47.4 Å². The summed E-state index contributed by atoms with van der Waals surface area (Å²) >= 11 is -1.33. The summed E-state index contributed by atoms with van der Waals surface area (Å²) in [7, 11) is 0. The van der Waals surface area contributed by atoms with E-state index in [0.29, 0.717) is 27.3 Å². The predicted molar refractivity (Wildman–Crippen MR) is 142 cm³/mol. The third-order valence-corrected chi connectivity index (χ3v) is 7.28. The van der Waals surface area contributed by atoms with Crippen LogP contribution < -0.4 is 21.1 Å². The number of fused-ring (bicyclic) bond motifs is 1. The number of hydrogen-bond acceptors (Lipinski definition) is 7. The predicted octanol–water partition coefficient (Wildman–Crippen LogP) is 3.65. The van der Waals surface area contributed by atoms with Crippen LogP contribution in [0.1, 0.15) is 6.92 Å². The summed E-state index contributed by atoms with van der Waals surface area (Å²) in [6, 6.07) is 10.5. The Morgan fingerprint density at radius 3 is 2.57 bits per heavy atom. The van der Waals surface area contributed by atoms with Gasteiger partial charge in [0.1, 0.15) is 23.5 Å². The lowest BCUT2D eigenvalue weighted by Crippen LogP contribution is -2.43. The van der Waals surface area contributed by atoms with Crippen LogP contribution in [0.25, 0.3) is 22.2 Å². The van der Waals surface area contributed by atoms with Gasteiger partial charge < -0.3 is 20.1 Å². The normalized spacial score (nSPS) is 14.7. The number of halogens is 2. The van der Waals surface area contributed by atoms with Gasteiger partial charge in [-0.05, 0) is 54.5 Å². The number of piperazine rings is 1. The molecule has 1 saturated heterocycles. The van der Waals surface area contributed by atoms with E-state index in [1.54, 1.807) is 19.1 Å². The first-order chi connectivity index (χ1) is 17.9. The number of aromatic nitrogens is 3. The molecule has 1 aliphatic heterocycles. The smallest absolute Gasteiger partial charge is 0.260 e. The Bertz CT molecular complexity index is 1520. The van der Waals surface area contributed by atoms with Crippen molar-refractivity contribution in [1.82, 2.24) is 19.9 Å². The highest BCUT2D eigenvalue weighted by atomic mass is 32.2. The van der Waals surface area contributed by atoms with Crippen molar-refractivity contribution in [3.63, 3.8) is 0 Å². The van der Waals surface area contributed by atoms with E-state index in [1.807, 2.05) is 4.90 Å². The van der Waals surface area contributed by atoms with Gasteiger partial charge in [-0.2, -0.15) is 4.98 Å². The van der Waals surface area contributed by atoms with E-state index < -0.39 is 22.6 Å². The van der Waals surface area contributed by atoms with Crippen molar-refractivity contribution in [2.24, 2.45) is 0 Å². The average molecular weight is 525 g/mol. The number of pyridine rings is 1. The molecule has 5 rings (SSSR count). The number of nitrogens with zero attached hydrogens (tertiary/aromatic N) is 4. The number of rotatable bonds is 6. The highest BCUT2D eigenvalue weighted by Gasteiger charge is 2.19. The summed E-state index contributed by atoms with van der Waals surface area (Å²) in [6.07, 6.45) is 3.03. The van der Waals surface area contributed by atoms with Crippen LogP contribution in [0.3, 0.4) is 0 Å². The molecule has 192 valence electrons. The van der Waals surface area contributed by atoms with Gasteiger partial charge in [0.05, 0.1) is 11.3 Å². The van der Waals surface area contributed by atoms with Crippen LogP contribution in [0.4, 0.5) is 26.1 Å². The summed E-state index contributed by atoms with van der Waals surface area (Å²) < 4.78 is 42.9. The fraction of sp³-hybridized carbons (Fsp3) is 0.269. The van der Waals surface area contributed by atoms with E-state index in [0.717, 1.165) is 26.2 Å². The standard InChI is InChI=1S/C26H26F2N6O2S/c1-3-34-24-16(12-20(25(34)35)19-14-18(37(2)36)5-6-21(19)27)15-30-26(32-24)31-17-4-7-23(22(28)13-17)33-10-8-29-9-11-33/h4-7,12-15,29H,3,8-11H2,1-2H3,(H,30,31,32). The molecule has 0 radical (unpaired) electrons. The Labute approximate surface area is 215 Å². The molecule has 0 spiro atoms. The summed E-state index contributed by atoms with van der Waals surface area (Å²) in [4.78, 5) is 24.6. The Morgan fingerprint density at radius 1 is 1.08 bits per heavy atom. The molecule has 1 aliphatic rings. The lowest BCUT2D eigenvalue weighted by Gasteiger charge is -2.29. The molecule has 2 aromatic heterocycles. The van der Waals surface area contributed by atoms with Crippen molar-refractivity contribution < 1.29 is 13.3 Å². The second kappa shape index (κ2) is 10.4. The van der Waals surface area contributed by atoms with E-state index in [2.05, 4.69) is 20.6 Å². The van der Waals surface area contributed by atoms with Crippen LogP contribution >= 0.6 is 0 Å². The fourth-order valence-electron chi connectivity index (χ4n) is 4.47. The topological polar surface area (TPSA) is 98.1 Å². The van der Waals surface area contributed by atoms with Gasteiger partial charge in [-0.25, -0.2) is 13.8 Å². The molecule has 1 fully saturated rings. The minimum atomic E-state index is -1.33. The Hall–Kier alpha value is -3.54. The highest BCUT2D eigenvalue weighted by Crippen LogP contribution is 2.28. The molecule has 2 aromatic carbocycles. The Balaban J connectivity index is 1.50. The zero-order valence-electron chi connectivity index (χ0n) is 20.4. The van der Waals surface area contributed by atoms with E-state index in [4.69, 9.17) is 0 Å². The molecular formula is C26H26F2N6O2S. The van der Waals surface area contributed by atoms with Crippen LogP contribution in [-0.4, -0.2) is 51.5 Å². The fourth-order valence-corrected chi connectivity index (χ4v) is 5.01. The second-order valence-corrected chi connectivity index (χ2v) is 10.1. The Morgan fingerprint density at radius 2 is 1.86 bits per heavy atom. The molecule has 0 amide bonds. The van der Waals surface area contributed by atoms with Crippen LogP contribution in [0.5, 0.6) is 0 Å². The van der Waals surface area contributed by atoms with Gasteiger partial charge in [-0.15, -0.1) is 0 Å². The molecule has 4 aromatic rings. The van der Waals surface area contributed by atoms with Gasteiger partial charge in [-0.3, -0.25) is 9.36 Å². The summed E-state index contributed by atoms with van der Waals surface area (Å²) in [5, 5.41) is 6.79. The maximum absolute atomic E-state index is 14.8. The molecule has 1 atom stereocenters. The zero-order chi connectivity index (χ0) is 26.1. The largest absolute Gasteiger partial charge is 0.612 e. The number of nitrogens with one attached hydrogen (secondary N) is 2. The maximum Gasteiger partial charge on any atom is 0.260 e. The van der Waals surface area contributed by atoms with Crippen LogP contribution in [0.15, 0.2) is 58.4 Å². The van der Waals surface area contributed by atoms with Crippen molar-refractivity contribution in [3.8, 4) is 11.1 Å². The quantitative estimate of drug-likeness (QED) is 0.372. The third-order valence-electron chi connectivity index (χ3n) is 6.36. The Kier molecular flexibility index (Phi) is 7.09. The number of hydrogen-bond donors (Lipinski definition) is 2. The number of aryl methyl sites for hydroxylation is 1. The summed E-state index contributed by atoms with van der Waals surface area (Å²) in [6.45, 7) is 5.16. The molecule has 2 N–H and O–H groups in total. The molecular weight excluding hydrogens is 498 g/mol. The second-order valence-electron chi connectivity index (χ2n) is 8.70. The molecule has 37 heavy (non-hydrogen) atoms. The van der Waals surface area contributed by atoms with E-state index in [-0.39, 0.29) is 29.4 Å². The van der Waals surface area contributed by atoms with Crippen LogP contribution in [-0.2, 0) is 17.7 Å². The zero-order valence-corrected chi connectivity index (χ0v) is 21.2. The van der Waals surface area contributed by atoms with Crippen molar-refractivity contribution >= 4 is 39.5 Å².